The molecule has 104 valence electrons. The van der Waals surface area contributed by atoms with E-state index in [1.165, 1.54) is 0 Å². The van der Waals surface area contributed by atoms with E-state index >= 15 is 0 Å². The van der Waals surface area contributed by atoms with E-state index < -0.39 is 12.1 Å². The van der Waals surface area contributed by atoms with Crippen LogP contribution in [0.2, 0.25) is 0 Å². The summed E-state index contributed by atoms with van der Waals surface area (Å²) in [6.45, 7) is 1.91. The van der Waals surface area contributed by atoms with Crippen molar-refractivity contribution >= 4 is 11.7 Å². The fourth-order valence-corrected chi connectivity index (χ4v) is 1.98. The third-order valence-electron chi connectivity index (χ3n) is 3.00. The molecule has 0 bridgehead atoms. The van der Waals surface area contributed by atoms with Crippen molar-refractivity contribution in [1.29, 1.82) is 0 Å². The molecule has 0 saturated carbocycles. The number of anilines is 1. The molecular weight excluding hydrogens is 254 g/mol. The maximum Gasteiger partial charge on any atom is 0.339 e. The molecule has 3 N–H and O–H groups in total. The Hall–Kier alpha value is -2.33. The summed E-state index contributed by atoms with van der Waals surface area (Å²) < 4.78 is 4.78. The molecule has 0 amide bonds. The Morgan fingerprint density at radius 1 is 1.20 bits per heavy atom. The van der Waals surface area contributed by atoms with Crippen LogP contribution in [0.3, 0.4) is 0 Å². The Balaban J connectivity index is 2.29. The number of carbonyl (C=O) groups excluding carboxylic acids is 1. The van der Waals surface area contributed by atoms with Crippen LogP contribution < -0.4 is 5.73 Å². The van der Waals surface area contributed by atoms with Crippen LogP contribution in [0.4, 0.5) is 5.69 Å². The maximum atomic E-state index is 11.5. The van der Waals surface area contributed by atoms with Crippen LogP contribution in [0, 0.1) is 0 Å². The predicted octanol–water partition coefficient (Wildman–Crippen LogP) is 2.53. The zero-order valence-electron chi connectivity index (χ0n) is 11.2. The standard InChI is InChI=1S/C16H17NO3/c1-2-20-16(19)15(18)13-9-8-12(10-14(13)17)11-6-4-3-5-7-11/h3-10,15,18H,2,17H2,1H3. The molecule has 0 aliphatic rings. The molecule has 0 aliphatic heterocycles. The highest BCUT2D eigenvalue weighted by atomic mass is 16.5. The molecule has 0 heterocycles. The molecule has 1 unspecified atom stereocenters. The molecule has 0 aliphatic carbocycles. The molecular formula is C16H17NO3. The molecule has 20 heavy (non-hydrogen) atoms. The monoisotopic (exact) mass is 271 g/mol. The number of nitrogens with two attached hydrogens (primary N) is 1. The number of aliphatic hydroxyl groups is 1. The lowest BCUT2D eigenvalue weighted by molar-refractivity contribution is -0.153. The molecule has 4 heteroatoms. The molecule has 0 spiro atoms. The normalized spacial score (nSPS) is 11.9. The number of nitrogen functional groups attached to an aromatic ring is 1. The fourth-order valence-electron chi connectivity index (χ4n) is 1.98. The van der Waals surface area contributed by atoms with Crippen LogP contribution in [0.5, 0.6) is 0 Å². The van der Waals surface area contributed by atoms with E-state index in [-0.39, 0.29) is 6.61 Å². The van der Waals surface area contributed by atoms with Gasteiger partial charge in [0.25, 0.3) is 0 Å². The molecule has 0 fully saturated rings. The second kappa shape index (κ2) is 6.21. The molecule has 4 nitrogen and oxygen atoms in total. The summed E-state index contributed by atoms with van der Waals surface area (Å²) in [5.74, 6) is -0.688. The quantitative estimate of drug-likeness (QED) is 0.662. The average molecular weight is 271 g/mol. The first-order valence-corrected chi connectivity index (χ1v) is 6.43. The van der Waals surface area contributed by atoms with Gasteiger partial charge in [-0.3, -0.25) is 0 Å². The zero-order valence-corrected chi connectivity index (χ0v) is 11.2. The summed E-state index contributed by atoms with van der Waals surface area (Å²) in [5, 5.41) is 9.91. The van der Waals surface area contributed by atoms with Crippen molar-refractivity contribution in [2.24, 2.45) is 0 Å². The van der Waals surface area contributed by atoms with Gasteiger partial charge >= 0.3 is 5.97 Å². The van der Waals surface area contributed by atoms with E-state index in [9.17, 15) is 9.90 Å². The Kier molecular flexibility index (Phi) is 4.38. The van der Waals surface area contributed by atoms with E-state index in [1.807, 2.05) is 36.4 Å². The van der Waals surface area contributed by atoms with E-state index in [0.717, 1.165) is 11.1 Å². The zero-order chi connectivity index (χ0) is 14.5. The van der Waals surface area contributed by atoms with Gasteiger partial charge in [-0.25, -0.2) is 4.79 Å². The molecule has 2 rings (SSSR count). The summed E-state index contributed by atoms with van der Waals surface area (Å²) in [6, 6.07) is 15.0. The van der Waals surface area contributed by atoms with Gasteiger partial charge in [0.2, 0.25) is 0 Å². The van der Waals surface area contributed by atoms with Crippen molar-refractivity contribution in [2.75, 3.05) is 12.3 Å². The number of aliphatic hydroxyl groups excluding tert-OH is 1. The smallest absolute Gasteiger partial charge is 0.339 e. The van der Waals surface area contributed by atoms with Crippen molar-refractivity contribution in [2.45, 2.75) is 13.0 Å². The second-order valence-corrected chi connectivity index (χ2v) is 4.36. The first kappa shape index (κ1) is 14.1. The first-order chi connectivity index (χ1) is 9.63. The highest BCUT2D eigenvalue weighted by Crippen LogP contribution is 2.27. The highest BCUT2D eigenvalue weighted by Gasteiger charge is 2.21. The van der Waals surface area contributed by atoms with Crippen LogP contribution in [0.15, 0.2) is 48.5 Å². The van der Waals surface area contributed by atoms with Gasteiger partial charge in [-0.15, -0.1) is 0 Å². The molecule has 2 aromatic carbocycles. The molecule has 2 aromatic rings. The Morgan fingerprint density at radius 3 is 2.50 bits per heavy atom. The third kappa shape index (κ3) is 2.97. The summed E-state index contributed by atoms with van der Waals surface area (Å²) in [5.41, 5.74) is 8.61. The van der Waals surface area contributed by atoms with Crippen LogP contribution >= 0.6 is 0 Å². The summed E-state index contributed by atoms with van der Waals surface area (Å²) in [6.07, 6.45) is -1.35. The second-order valence-electron chi connectivity index (χ2n) is 4.36. The number of benzene rings is 2. The Bertz CT molecular complexity index is 596. The molecule has 0 aromatic heterocycles. The lowest BCUT2D eigenvalue weighted by Crippen LogP contribution is -2.16. The largest absolute Gasteiger partial charge is 0.464 e. The highest BCUT2D eigenvalue weighted by molar-refractivity contribution is 5.80. The lowest BCUT2D eigenvalue weighted by atomic mass is 10.00. The van der Waals surface area contributed by atoms with Gasteiger partial charge in [0, 0.05) is 11.3 Å². The average Bonchev–Trinajstić information content (AvgIpc) is 2.47. The van der Waals surface area contributed by atoms with Gasteiger partial charge in [0.1, 0.15) is 0 Å². The van der Waals surface area contributed by atoms with Crippen LogP contribution in [-0.2, 0) is 9.53 Å². The number of hydrogen-bond acceptors (Lipinski definition) is 4. The summed E-state index contributed by atoms with van der Waals surface area (Å²) in [7, 11) is 0. The number of rotatable bonds is 4. The van der Waals surface area contributed by atoms with Crippen molar-refractivity contribution in [3.63, 3.8) is 0 Å². The first-order valence-electron chi connectivity index (χ1n) is 6.43. The van der Waals surface area contributed by atoms with Crippen LogP contribution in [0.25, 0.3) is 11.1 Å². The predicted molar refractivity (Wildman–Crippen MR) is 77.9 cm³/mol. The lowest BCUT2D eigenvalue weighted by Gasteiger charge is -2.13. The number of ether oxygens (including phenoxy) is 1. The van der Waals surface area contributed by atoms with Gasteiger partial charge in [-0.05, 0) is 24.1 Å². The molecule has 0 saturated heterocycles. The van der Waals surface area contributed by atoms with E-state index in [0.29, 0.717) is 11.3 Å². The van der Waals surface area contributed by atoms with Gasteiger partial charge in [0.15, 0.2) is 6.10 Å². The number of esters is 1. The summed E-state index contributed by atoms with van der Waals surface area (Å²) in [4.78, 5) is 11.5. The van der Waals surface area contributed by atoms with Crippen LogP contribution in [-0.4, -0.2) is 17.7 Å². The minimum Gasteiger partial charge on any atom is -0.464 e. The summed E-state index contributed by atoms with van der Waals surface area (Å²) >= 11 is 0. The Morgan fingerprint density at radius 2 is 1.90 bits per heavy atom. The van der Waals surface area contributed by atoms with Gasteiger partial charge < -0.3 is 15.6 Å². The van der Waals surface area contributed by atoms with E-state index in [4.69, 9.17) is 10.5 Å². The molecule has 0 radical (unpaired) electrons. The topological polar surface area (TPSA) is 72.5 Å². The van der Waals surface area contributed by atoms with Crippen molar-refractivity contribution < 1.29 is 14.6 Å². The van der Waals surface area contributed by atoms with Crippen molar-refractivity contribution in [3.05, 3.63) is 54.1 Å². The number of carbonyl (C=O) groups is 1. The van der Waals surface area contributed by atoms with Gasteiger partial charge in [0.05, 0.1) is 6.61 Å². The molecule has 1 atom stereocenters. The Labute approximate surface area is 117 Å². The van der Waals surface area contributed by atoms with Crippen molar-refractivity contribution in [1.82, 2.24) is 0 Å². The minimum absolute atomic E-state index is 0.220. The van der Waals surface area contributed by atoms with Gasteiger partial charge in [-0.1, -0.05) is 42.5 Å². The third-order valence-corrected chi connectivity index (χ3v) is 3.00. The van der Waals surface area contributed by atoms with E-state index in [2.05, 4.69) is 0 Å². The van der Waals surface area contributed by atoms with Crippen LogP contribution in [0.1, 0.15) is 18.6 Å². The van der Waals surface area contributed by atoms with Crippen molar-refractivity contribution in [3.8, 4) is 11.1 Å². The number of hydrogen-bond donors (Lipinski definition) is 2. The SMILES string of the molecule is CCOC(=O)C(O)c1ccc(-c2ccccc2)cc1N. The van der Waals surface area contributed by atoms with E-state index in [1.54, 1.807) is 19.1 Å². The minimum atomic E-state index is -1.35. The maximum absolute atomic E-state index is 11.5. The fraction of sp³-hybridized carbons (Fsp3) is 0.188. The van der Waals surface area contributed by atoms with Gasteiger partial charge in [-0.2, -0.15) is 0 Å².